The standard InChI is InChI=1S/C26H34O2/c1-3-5-6-9-21-14-18-23(19-15-21)28-26(27)25-11-8-7-10-24(25)22-16-12-20(4-2)13-17-22/h7-8,10-11,14-15,18-20,22H,3-6,9,12-13,16-17H2,1-2H3. The highest BCUT2D eigenvalue weighted by molar-refractivity contribution is 5.92. The molecule has 2 heteroatoms. The molecular formula is C26H34O2. The summed E-state index contributed by atoms with van der Waals surface area (Å²) in [5.41, 5.74) is 3.20. The summed E-state index contributed by atoms with van der Waals surface area (Å²) < 4.78 is 5.72. The van der Waals surface area contributed by atoms with Crippen LogP contribution in [-0.2, 0) is 6.42 Å². The average molecular weight is 379 g/mol. The molecule has 0 spiro atoms. The Morgan fingerprint density at radius 1 is 0.929 bits per heavy atom. The number of carbonyl (C=O) groups excluding carboxylic acids is 1. The van der Waals surface area contributed by atoms with Crippen molar-refractivity contribution in [2.24, 2.45) is 5.92 Å². The minimum Gasteiger partial charge on any atom is -0.423 e. The first kappa shape index (κ1) is 20.6. The zero-order valence-electron chi connectivity index (χ0n) is 17.5. The molecule has 1 aliphatic rings. The molecule has 1 saturated carbocycles. The number of carbonyl (C=O) groups is 1. The van der Waals surface area contributed by atoms with Gasteiger partial charge < -0.3 is 4.74 Å². The summed E-state index contributed by atoms with van der Waals surface area (Å²) >= 11 is 0. The SMILES string of the molecule is CCCCCc1ccc(OC(=O)c2ccccc2C2CCC(CC)CC2)cc1. The van der Waals surface area contributed by atoms with E-state index in [2.05, 4.69) is 32.0 Å². The summed E-state index contributed by atoms with van der Waals surface area (Å²) in [5.74, 6) is 1.74. The fraction of sp³-hybridized carbons (Fsp3) is 0.500. The van der Waals surface area contributed by atoms with Gasteiger partial charge in [0.15, 0.2) is 0 Å². The first-order valence-corrected chi connectivity index (χ1v) is 11.1. The van der Waals surface area contributed by atoms with E-state index in [4.69, 9.17) is 4.74 Å². The first-order chi connectivity index (χ1) is 13.7. The number of hydrogen-bond acceptors (Lipinski definition) is 2. The lowest BCUT2D eigenvalue weighted by molar-refractivity contribution is 0.0732. The molecule has 3 rings (SSSR count). The van der Waals surface area contributed by atoms with Crippen LogP contribution >= 0.6 is 0 Å². The Bertz CT molecular complexity index is 739. The van der Waals surface area contributed by atoms with Crippen molar-refractivity contribution in [3.8, 4) is 5.75 Å². The summed E-state index contributed by atoms with van der Waals surface area (Å²) in [5, 5.41) is 0. The van der Waals surface area contributed by atoms with Crippen LogP contribution < -0.4 is 4.74 Å². The number of ether oxygens (including phenoxy) is 1. The van der Waals surface area contributed by atoms with E-state index < -0.39 is 0 Å². The lowest BCUT2D eigenvalue weighted by Crippen LogP contribution is -2.17. The molecule has 0 saturated heterocycles. The van der Waals surface area contributed by atoms with Crippen molar-refractivity contribution < 1.29 is 9.53 Å². The maximum atomic E-state index is 12.9. The number of aryl methyl sites for hydroxylation is 1. The number of rotatable bonds is 8. The highest BCUT2D eigenvalue weighted by Gasteiger charge is 2.25. The molecule has 0 N–H and O–H groups in total. The van der Waals surface area contributed by atoms with E-state index in [9.17, 15) is 4.79 Å². The van der Waals surface area contributed by atoms with Crippen LogP contribution in [0.1, 0.15) is 92.6 Å². The van der Waals surface area contributed by atoms with Gasteiger partial charge in [0.1, 0.15) is 5.75 Å². The van der Waals surface area contributed by atoms with Crippen LogP contribution in [-0.4, -0.2) is 5.97 Å². The zero-order valence-corrected chi connectivity index (χ0v) is 17.5. The van der Waals surface area contributed by atoms with Crippen molar-refractivity contribution in [2.45, 2.75) is 77.6 Å². The van der Waals surface area contributed by atoms with Crippen molar-refractivity contribution >= 4 is 5.97 Å². The maximum Gasteiger partial charge on any atom is 0.343 e. The Balaban J connectivity index is 1.65. The van der Waals surface area contributed by atoms with E-state index in [1.165, 1.54) is 62.5 Å². The fourth-order valence-electron chi connectivity index (χ4n) is 4.39. The van der Waals surface area contributed by atoms with E-state index in [0.29, 0.717) is 11.7 Å². The van der Waals surface area contributed by atoms with Gasteiger partial charge in [0.05, 0.1) is 5.56 Å². The molecule has 2 aromatic rings. The van der Waals surface area contributed by atoms with Gasteiger partial charge in [-0.1, -0.05) is 63.4 Å². The molecule has 0 amide bonds. The molecule has 0 unspecified atom stereocenters. The monoisotopic (exact) mass is 378 g/mol. The molecule has 1 fully saturated rings. The maximum absolute atomic E-state index is 12.9. The normalized spacial score (nSPS) is 19.4. The Kier molecular flexibility index (Phi) is 7.71. The van der Waals surface area contributed by atoms with Crippen molar-refractivity contribution in [1.29, 1.82) is 0 Å². The van der Waals surface area contributed by atoms with Gasteiger partial charge in [-0.3, -0.25) is 0 Å². The minimum atomic E-state index is -0.230. The predicted octanol–water partition coefficient (Wildman–Crippen LogP) is 7.32. The molecule has 28 heavy (non-hydrogen) atoms. The second-order valence-corrected chi connectivity index (χ2v) is 8.20. The first-order valence-electron chi connectivity index (χ1n) is 11.1. The highest BCUT2D eigenvalue weighted by Crippen LogP contribution is 2.38. The number of unbranched alkanes of at least 4 members (excludes halogenated alkanes) is 2. The summed E-state index contributed by atoms with van der Waals surface area (Å²) in [6.45, 7) is 4.50. The molecule has 0 aliphatic heterocycles. The average Bonchev–Trinajstić information content (AvgIpc) is 2.75. The third-order valence-electron chi connectivity index (χ3n) is 6.25. The van der Waals surface area contributed by atoms with E-state index >= 15 is 0 Å². The van der Waals surface area contributed by atoms with Crippen molar-refractivity contribution in [3.63, 3.8) is 0 Å². The lowest BCUT2D eigenvalue weighted by Gasteiger charge is -2.29. The highest BCUT2D eigenvalue weighted by atomic mass is 16.5. The van der Waals surface area contributed by atoms with Gasteiger partial charge in [-0.2, -0.15) is 0 Å². The second-order valence-electron chi connectivity index (χ2n) is 8.20. The van der Waals surface area contributed by atoms with Crippen molar-refractivity contribution in [2.75, 3.05) is 0 Å². The van der Waals surface area contributed by atoms with Gasteiger partial charge in [-0.05, 0) is 79.7 Å². The Labute approximate surface area is 170 Å². The van der Waals surface area contributed by atoms with Crippen LogP contribution in [0.5, 0.6) is 5.75 Å². The van der Waals surface area contributed by atoms with E-state index in [1.807, 2.05) is 30.3 Å². The fourth-order valence-corrected chi connectivity index (χ4v) is 4.39. The predicted molar refractivity (Wildman–Crippen MR) is 116 cm³/mol. The smallest absolute Gasteiger partial charge is 0.343 e. The molecule has 0 bridgehead atoms. The van der Waals surface area contributed by atoms with Crippen LogP contribution in [0.2, 0.25) is 0 Å². The topological polar surface area (TPSA) is 26.3 Å². The zero-order chi connectivity index (χ0) is 19.8. The van der Waals surface area contributed by atoms with Crippen LogP contribution in [0.4, 0.5) is 0 Å². The molecule has 0 radical (unpaired) electrons. The van der Waals surface area contributed by atoms with Crippen LogP contribution in [0, 0.1) is 5.92 Å². The van der Waals surface area contributed by atoms with Gasteiger partial charge in [0.2, 0.25) is 0 Å². The van der Waals surface area contributed by atoms with E-state index in [-0.39, 0.29) is 5.97 Å². The van der Waals surface area contributed by atoms with Gasteiger partial charge in [0.25, 0.3) is 0 Å². The molecular weight excluding hydrogens is 344 g/mol. The Hall–Kier alpha value is -2.09. The number of hydrogen-bond donors (Lipinski definition) is 0. The Morgan fingerprint density at radius 3 is 2.32 bits per heavy atom. The molecule has 1 aliphatic carbocycles. The molecule has 0 heterocycles. The molecule has 2 aromatic carbocycles. The van der Waals surface area contributed by atoms with E-state index in [0.717, 1.165) is 17.9 Å². The second kappa shape index (κ2) is 10.5. The Morgan fingerprint density at radius 2 is 1.64 bits per heavy atom. The summed E-state index contributed by atoms with van der Waals surface area (Å²) in [4.78, 5) is 12.9. The van der Waals surface area contributed by atoms with Crippen molar-refractivity contribution in [3.05, 3.63) is 65.2 Å². The minimum absolute atomic E-state index is 0.230. The van der Waals surface area contributed by atoms with Gasteiger partial charge in [0, 0.05) is 0 Å². The van der Waals surface area contributed by atoms with Crippen LogP contribution in [0.3, 0.4) is 0 Å². The van der Waals surface area contributed by atoms with Gasteiger partial charge >= 0.3 is 5.97 Å². The van der Waals surface area contributed by atoms with E-state index in [1.54, 1.807) is 0 Å². The number of benzene rings is 2. The quantitative estimate of drug-likeness (QED) is 0.273. The summed E-state index contributed by atoms with van der Waals surface area (Å²) in [6.07, 6.45) is 10.9. The third kappa shape index (κ3) is 5.47. The molecule has 2 nitrogen and oxygen atoms in total. The van der Waals surface area contributed by atoms with Gasteiger partial charge in [-0.15, -0.1) is 0 Å². The molecule has 0 aromatic heterocycles. The van der Waals surface area contributed by atoms with Crippen LogP contribution in [0.15, 0.2) is 48.5 Å². The molecule has 150 valence electrons. The summed E-state index contributed by atoms with van der Waals surface area (Å²) in [7, 11) is 0. The van der Waals surface area contributed by atoms with Crippen LogP contribution in [0.25, 0.3) is 0 Å². The van der Waals surface area contributed by atoms with Crippen molar-refractivity contribution in [1.82, 2.24) is 0 Å². The lowest BCUT2D eigenvalue weighted by atomic mass is 9.76. The molecule has 0 atom stereocenters. The summed E-state index contributed by atoms with van der Waals surface area (Å²) in [6, 6.07) is 16.0. The number of esters is 1. The van der Waals surface area contributed by atoms with Gasteiger partial charge in [-0.25, -0.2) is 4.79 Å². The largest absolute Gasteiger partial charge is 0.423 e. The third-order valence-corrected chi connectivity index (χ3v) is 6.25.